The van der Waals surface area contributed by atoms with Gasteiger partial charge in [0.05, 0.1) is 5.56 Å². The van der Waals surface area contributed by atoms with Crippen LogP contribution in [0.25, 0.3) is 0 Å². The van der Waals surface area contributed by atoms with E-state index in [1.165, 1.54) is 64.2 Å². The van der Waals surface area contributed by atoms with Gasteiger partial charge in [-0.3, -0.25) is 4.90 Å². The fourth-order valence-corrected chi connectivity index (χ4v) is 8.57. The van der Waals surface area contributed by atoms with Crippen molar-refractivity contribution >= 4 is 73.7 Å². The Morgan fingerprint density at radius 1 is 0.931 bits per heavy atom. The molecule has 160 valence electrons. The lowest BCUT2D eigenvalue weighted by Gasteiger charge is -2.61. The summed E-state index contributed by atoms with van der Waals surface area (Å²) in [5, 5.41) is 0. The minimum absolute atomic E-state index is 0.0428. The molecule has 3 fully saturated rings. The molecule has 0 atom stereocenters. The fourth-order valence-electron chi connectivity index (χ4n) is 6.20. The topological polar surface area (TPSA) is 29.5 Å². The van der Waals surface area contributed by atoms with E-state index in [-0.39, 0.29) is 23.2 Å². The molecule has 4 rings (SSSR count). The van der Waals surface area contributed by atoms with Crippen LogP contribution in [0.15, 0.2) is 12.1 Å². The summed E-state index contributed by atoms with van der Waals surface area (Å²) in [5.41, 5.74) is 1.19. The first-order chi connectivity index (χ1) is 13.9. The van der Waals surface area contributed by atoms with Crippen molar-refractivity contribution in [2.45, 2.75) is 94.2 Å². The summed E-state index contributed by atoms with van der Waals surface area (Å²) in [5.74, 6) is -0.127. The number of ether oxygens (including phenoxy) is 1. The predicted molar refractivity (Wildman–Crippen MR) is 142 cm³/mol. The highest BCUT2D eigenvalue weighted by Crippen LogP contribution is 2.51. The number of rotatable bonds is 2. The number of halogens is 3. The van der Waals surface area contributed by atoms with Gasteiger partial charge in [0.25, 0.3) is 0 Å². The second kappa shape index (κ2) is 9.37. The van der Waals surface area contributed by atoms with Gasteiger partial charge in [0, 0.05) is 34.6 Å². The van der Waals surface area contributed by atoms with Gasteiger partial charge in [-0.05, 0) is 113 Å². The lowest BCUT2D eigenvalue weighted by molar-refractivity contribution is -0.125. The summed E-state index contributed by atoms with van der Waals surface area (Å²) in [6.07, 6.45) is 15.1. The summed E-state index contributed by atoms with van der Waals surface area (Å²) in [6.45, 7) is 0. The molecule has 0 aromatic heterocycles. The molecule has 2 saturated carbocycles. The van der Waals surface area contributed by atoms with E-state index in [0.29, 0.717) is 0 Å². The molecule has 1 aliphatic heterocycles. The number of nitrogens with zero attached hydrogens (tertiary/aromatic N) is 1. The molecule has 0 N–H and O–H groups in total. The molecule has 2 spiro atoms. The maximum Gasteiger partial charge on any atom is 0.339 e. The van der Waals surface area contributed by atoms with E-state index >= 15 is 0 Å². The fraction of sp³-hybridized carbons (Fsp3) is 0.696. The number of likely N-dealkylation sites (tertiary alicyclic amines) is 1. The van der Waals surface area contributed by atoms with Crippen LogP contribution in [0.3, 0.4) is 0 Å². The lowest BCUT2D eigenvalue weighted by Crippen LogP contribution is -2.66. The monoisotopic (exact) mass is 733 g/mol. The van der Waals surface area contributed by atoms with Crippen molar-refractivity contribution < 1.29 is 9.53 Å². The number of piperidine rings is 1. The first-order valence-corrected chi connectivity index (χ1v) is 14.2. The van der Waals surface area contributed by atoms with Crippen molar-refractivity contribution in [3.8, 4) is 0 Å². The van der Waals surface area contributed by atoms with E-state index in [9.17, 15) is 4.79 Å². The molecule has 3 nitrogen and oxygen atoms in total. The van der Waals surface area contributed by atoms with E-state index < -0.39 is 0 Å². The molecule has 2 aliphatic carbocycles. The van der Waals surface area contributed by atoms with Crippen LogP contribution in [-0.2, 0) is 4.74 Å². The van der Waals surface area contributed by atoms with Gasteiger partial charge in [0.2, 0.25) is 0 Å². The van der Waals surface area contributed by atoms with E-state index in [1.54, 1.807) is 0 Å². The standard InChI is InChI=1S/C23H30I3NO2/c1-27-22(8-4-2-5-9-22)14-17(15-23(27)10-6-3-7-11-23)29-21(28)18-12-16(24)13-19(25)20(18)26/h12-13,17H,2-11,14-15H2,1H3. The van der Waals surface area contributed by atoms with Gasteiger partial charge in [-0.1, -0.05) is 38.5 Å². The van der Waals surface area contributed by atoms with Gasteiger partial charge in [0.1, 0.15) is 6.10 Å². The van der Waals surface area contributed by atoms with Crippen LogP contribution in [0.2, 0.25) is 0 Å². The average Bonchev–Trinajstić information content (AvgIpc) is 2.70. The van der Waals surface area contributed by atoms with Gasteiger partial charge in [0.15, 0.2) is 0 Å². The molecule has 3 aliphatic rings. The second-order valence-corrected chi connectivity index (χ2v) is 12.8. The Bertz CT molecular complexity index is 742. The zero-order valence-corrected chi connectivity index (χ0v) is 23.6. The highest BCUT2D eigenvalue weighted by atomic mass is 127. The molecule has 29 heavy (non-hydrogen) atoms. The second-order valence-electron chi connectivity index (χ2n) is 9.31. The first kappa shape index (κ1) is 23.0. The Kier molecular flexibility index (Phi) is 7.44. The first-order valence-electron chi connectivity index (χ1n) is 10.9. The van der Waals surface area contributed by atoms with Crippen LogP contribution in [0.5, 0.6) is 0 Å². The van der Waals surface area contributed by atoms with Crippen molar-refractivity contribution in [3.63, 3.8) is 0 Å². The van der Waals surface area contributed by atoms with Crippen molar-refractivity contribution in [2.24, 2.45) is 0 Å². The van der Waals surface area contributed by atoms with Crippen LogP contribution in [0.1, 0.15) is 87.4 Å². The largest absolute Gasteiger partial charge is 0.459 e. The number of carbonyl (C=O) groups excluding carboxylic acids is 1. The van der Waals surface area contributed by atoms with Crippen molar-refractivity contribution in [1.82, 2.24) is 4.90 Å². The zero-order chi connectivity index (χ0) is 20.6. The third-order valence-corrected chi connectivity index (χ3v) is 11.4. The molecule has 1 aromatic carbocycles. The van der Waals surface area contributed by atoms with Crippen molar-refractivity contribution in [2.75, 3.05) is 7.05 Å². The number of hydrogen-bond donors (Lipinski definition) is 0. The summed E-state index contributed by atoms with van der Waals surface area (Å²) >= 11 is 6.90. The summed E-state index contributed by atoms with van der Waals surface area (Å²) < 4.78 is 9.53. The molecule has 0 radical (unpaired) electrons. The van der Waals surface area contributed by atoms with E-state index in [2.05, 4.69) is 85.8 Å². The molecule has 0 unspecified atom stereocenters. The molecule has 0 bridgehead atoms. The van der Waals surface area contributed by atoms with Crippen LogP contribution in [0.4, 0.5) is 0 Å². The number of hydrogen-bond acceptors (Lipinski definition) is 3. The Labute approximate surface area is 215 Å². The normalized spacial score (nSPS) is 26.6. The minimum Gasteiger partial charge on any atom is -0.459 e. The van der Waals surface area contributed by atoms with Crippen LogP contribution in [0, 0.1) is 10.7 Å². The Hall–Kier alpha value is 0.840. The van der Waals surface area contributed by atoms with Gasteiger partial charge in [-0.2, -0.15) is 0 Å². The van der Waals surface area contributed by atoms with Crippen LogP contribution >= 0.6 is 67.8 Å². The van der Waals surface area contributed by atoms with E-state index in [0.717, 1.165) is 29.1 Å². The van der Waals surface area contributed by atoms with Crippen molar-refractivity contribution in [1.29, 1.82) is 0 Å². The minimum atomic E-state index is -0.127. The number of esters is 1. The Morgan fingerprint density at radius 3 is 1.97 bits per heavy atom. The lowest BCUT2D eigenvalue weighted by atomic mass is 9.65. The zero-order valence-electron chi connectivity index (χ0n) is 17.1. The SMILES string of the molecule is CN1C2(CCCCC2)CC(OC(=O)c2cc(I)cc(I)c2I)CC12CCCCC2. The maximum absolute atomic E-state index is 13.2. The van der Waals surface area contributed by atoms with Gasteiger partial charge in [-0.25, -0.2) is 4.79 Å². The van der Waals surface area contributed by atoms with Crippen LogP contribution < -0.4 is 0 Å². The van der Waals surface area contributed by atoms with Crippen LogP contribution in [-0.4, -0.2) is 35.1 Å². The molecule has 1 saturated heterocycles. The molecule has 1 aromatic rings. The Balaban J connectivity index is 1.60. The maximum atomic E-state index is 13.2. The third-order valence-electron chi connectivity index (χ3n) is 7.69. The summed E-state index contributed by atoms with van der Waals surface area (Å²) in [7, 11) is 2.39. The highest BCUT2D eigenvalue weighted by Gasteiger charge is 2.53. The van der Waals surface area contributed by atoms with Gasteiger partial charge in [-0.15, -0.1) is 0 Å². The highest BCUT2D eigenvalue weighted by molar-refractivity contribution is 14.1. The molecule has 6 heteroatoms. The predicted octanol–water partition coefficient (Wildman–Crippen LogP) is 7.16. The van der Waals surface area contributed by atoms with E-state index in [1.807, 2.05) is 6.07 Å². The average molecular weight is 733 g/mol. The van der Waals surface area contributed by atoms with Gasteiger partial charge < -0.3 is 4.74 Å². The Morgan fingerprint density at radius 2 is 1.45 bits per heavy atom. The number of benzene rings is 1. The molecular weight excluding hydrogens is 703 g/mol. The van der Waals surface area contributed by atoms with Crippen molar-refractivity contribution in [3.05, 3.63) is 28.4 Å². The quantitative estimate of drug-likeness (QED) is 0.184. The number of carbonyl (C=O) groups is 1. The molecule has 1 heterocycles. The summed E-state index contributed by atoms with van der Waals surface area (Å²) in [4.78, 5) is 16.0. The molecular formula is C23H30I3NO2. The van der Waals surface area contributed by atoms with Gasteiger partial charge >= 0.3 is 5.97 Å². The third kappa shape index (κ3) is 4.65. The van der Waals surface area contributed by atoms with E-state index in [4.69, 9.17) is 4.74 Å². The smallest absolute Gasteiger partial charge is 0.339 e. The summed E-state index contributed by atoms with van der Waals surface area (Å²) in [6, 6.07) is 4.10. The molecule has 0 amide bonds.